The van der Waals surface area contributed by atoms with Crippen LogP contribution in [0.1, 0.15) is 72.9 Å². The van der Waals surface area contributed by atoms with Crippen molar-refractivity contribution >= 4 is 11.9 Å². The van der Waals surface area contributed by atoms with Gasteiger partial charge in [0.05, 0.1) is 5.56 Å². The Morgan fingerprint density at radius 3 is 2.13 bits per heavy atom. The summed E-state index contributed by atoms with van der Waals surface area (Å²) in [6.45, 7) is 1.87. The normalized spacial score (nSPS) is 17.0. The van der Waals surface area contributed by atoms with E-state index in [1.165, 1.54) is 24.8 Å². The summed E-state index contributed by atoms with van der Waals surface area (Å²) in [7, 11) is 0. The minimum absolute atomic E-state index is 0.188. The first-order chi connectivity index (χ1) is 19.2. The highest BCUT2D eigenvalue weighted by Crippen LogP contribution is 2.30. The fourth-order valence-electron chi connectivity index (χ4n) is 6.10. The molecule has 3 aromatic rings. The lowest BCUT2D eigenvalue weighted by Gasteiger charge is -2.45. The maximum absolute atomic E-state index is 13.8. The summed E-state index contributed by atoms with van der Waals surface area (Å²) in [5, 5.41) is 4.48. The van der Waals surface area contributed by atoms with E-state index < -0.39 is 0 Å². The Balaban J connectivity index is 1.22. The number of hydrogen-bond acceptors (Lipinski definition) is 4. The molecule has 0 spiro atoms. The standard InChI is InChI=1S/C34H40N2O3/c37-33(21-20-29-14-10-11-19-32(29)39-34(38)30-15-6-2-7-16-30)36(31-17-8-3-9-18-31)35-24-22-28(23-25-35)26-27-12-4-1-5-13-27/h1-2,4-7,10-16,19,28,31H,3,8-9,17-18,20-26H2. The Morgan fingerprint density at radius 1 is 0.769 bits per heavy atom. The van der Waals surface area contributed by atoms with Crippen molar-refractivity contribution in [1.29, 1.82) is 0 Å². The Hall–Kier alpha value is -3.44. The van der Waals surface area contributed by atoms with Gasteiger partial charge >= 0.3 is 5.97 Å². The van der Waals surface area contributed by atoms with E-state index >= 15 is 0 Å². The minimum atomic E-state index is -0.378. The molecule has 1 heterocycles. The van der Waals surface area contributed by atoms with Crippen molar-refractivity contribution in [2.24, 2.45) is 5.92 Å². The summed E-state index contributed by atoms with van der Waals surface area (Å²) >= 11 is 0. The molecule has 1 amide bonds. The number of esters is 1. The molecule has 0 unspecified atom stereocenters. The Kier molecular flexibility index (Phi) is 9.44. The quantitative estimate of drug-likeness (QED) is 0.226. The van der Waals surface area contributed by atoms with E-state index in [9.17, 15) is 9.59 Å². The molecular formula is C34H40N2O3. The molecule has 1 aliphatic carbocycles. The van der Waals surface area contributed by atoms with Gasteiger partial charge in [-0.15, -0.1) is 0 Å². The van der Waals surface area contributed by atoms with Gasteiger partial charge in [0.15, 0.2) is 0 Å². The molecule has 204 valence electrons. The molecule has 39 heavy (non-hydrogen) atoms. The van der Waals surface area contributed by atoms with Crippen LogP contribution >= 0.6 is 0 Å². The molecule has 0 aromatic heterocycles. The molecule has 0 bridgehead atoms. The van der Waals surface area contributed by atoms with Gasteiger partial charge in [-0.25, -0.2) is 9.80 Å². The average molecular weight is 525 g/mol. The zero-order chi connectivity index (χ0) is 26.9. The van der Waals surface area contributed by atoms with Crippen molar-refractivity contribution in [2.75, 3.05) is 13.1 Å². The lowest BCUT2D eigenvalue weighted by Crippen LogP contribution is -2.55. The van der Waals surface area contributed by atoms with Gasteiger partial charge in [0, 0.05) is 25.6 Å². The topological polar surface area (TPSA) is 49.9 Å². The van der Waals surface area contributed by atoms with Crippen LogP contribution in [-0.2, 0) is 17.6 Å². The summed E-state index contributed by atoms with van der Waals surface area (Å²) in [5.41, 5.74) is 2.81. The van der Waals surface area contributed by atoms with Crippen molar-refractivity contribution < 1.29 is 14.3 Å². The number of hydrazine groups is 1. The van der Waals surface area contributed by atoms with E-state index in [0.717, 1.165) is 50.8 Å². The SMILES string of the molecule is O=C(Oc1ccccc1CCC(=O)N(C1CCCCC1)N1CCC(Cc2ccccc2)CC1)c1ccccc1. The highest BCUT2D eigenvalue weighted by molar-refractivity contribution is 5.91. The summed E-state index contributed by atoms with van der Waals surface area (Å²) in [5.74, 6) is 1.01. The van der Waals surface area contributed by atoms with Gasteiger partial charge in [-0.05, 0) is 73.8 Å². The number of aryl methyl sites for hydroxylation is 1. The Labute approximate surface area is 232 Å². The van der Waals surface area contributed by atoms with E-state index in [-0.39, 0.29) is 11.9 Å². The molecule has 3 aromatic carbocycles. The second-order valence-electron chi connectivity index (χ2n) is 11.0. The van der Waals surface area contributed by atoms with Gasteiger partial charge in [-0.3, -0.25) is 9.80 Å². The van der Waals surface area contributed by atoms with Crippen LogP contribution in [-0.4, -0.2) is 41.0 Å². The Morgan fingerprint density at radius 2 is 1.41 bits per heavy atom. The molecule has 5 heteroatoms. The molecule has 5 rings (SSSR count). The number of nitrogens with zero attached hydrogens (tertiary/aromatic N) is 2. The van der Waals surface area contributed by atoms with Crippen LogP contribution in [0.3, 0.4) is 0 Å². The summed E-state index contributed by atoms with van der Waals surface area (Å²) in [6.07, 6.45) is 10.1. The van der Waals surface area contributed by atoms with E-state index in [4.69, 9.17) is 4.74 Å². The zero-order valence-corrected chi connectivity index (χ0v) is 22.8. The molecular weight excluding hydrogens is 484 g/mol. The van der Waals surface area contributed by atoms with Crippen molar-refractivity contribution in [3.8, 4) is 5.75 Å². The second kappa shape index (κ2) is 13.6. The van der Waals surface area contributed by atoms with Gasteiger partial charge < -0.3 is 4.74 Å². The minimum Gasteiger partial charge on any atom is -0.423 e. The van der Waals surface area contributed by atoms with Crippen molar-refractivity contribution in [2.45, 2.75) is 70.3 Å². The largest absolute Gasteiger partial charge is 0.423 e. The van der Waals surface area contributed by atoms with E-state index in [1.807, 2.05) is 42.5 Å². The lowest BCUT2D eigenvalue weighted by atomic mass is 9.90. The molecule has 0 N–H and O–H groups in total. The van der Waals surface area contributed by atoms with Crippen molar-refractivity contribution in [3.05, 3.63) is 102 Å². The van der Waals surface area contributed by atoms with Gasteiger partial charge in [0.25, 0.3) is 0 Å². The highest BCUT2D eigenvalue weighted by Gasteiger charge is 2.32. The first kappa shape index (κ1) is 27.1. The van der Waals surface area contributed by atoms with Gasteiger partial charge in [-0.1, -0.05) is 86.0 Å². The fourth-order valence-corrected chi connectivity index (χ4v) is 6.10. The molecule has 2 fully saturated rings. The highest BCUT2D eigenvalue weighted by atomic mass is 16.5. The van der Waals surface area contributed by atoms with Crippen LogP contribution in [0.25, 0.3) is 0 Å². The lowest BCUT2D eigenvalue weighted by molar-refractivity contribution is -0.161. The summed E-state index contributed by atoms with van der Waals surface area (Å²) < 4.78 is 5.74. The number of ether oxygens (including phenoxy) is 1. The molecule has 2 aliphatic rings. The van der Waals surface area contributed by atoms with Crippen LogP contribution in [0, 0.1) is 5.92 Å². The summed E-state index contributed by atoms with van der Waals surface area (Å²) in [6, 6.07) is 27.7. The number of hydrogen-bond donors (Lipinski definition) is 0. The number of benzene rings is 3. The maximum Gasteiger partial charge on any atom is 0.343 e. The van der Waals surface area contributed by atoms with Crippen LogP contribution in [0.4, 0.5) is 0 Å². The molecule has 1 aliphatic heterocycles. The van der Waals surface area contributed by atoms with Crippen molar-refractivity contribution in [3.63, 3.8) is 0 Å². The molecule has 5 nitrogen and oxygen atoms in total. The van der Waals surface area contributed by atoms with E-state index in [1.54, 1.807) is 12.1 Å². The zero-order valence-electron chi connectivity index (χ0n) is 22.8. The monoisotopic (exact) mass is 524 g/mol. The predicted octanol–water partition coefficient (Wildman–Crippen LogP) is 6.87. The van der Waals surface area contributed by atoms with Crippen LogP contribution < -0.4 is 4.74 Å². The molecule has 0 atom stereocenters. The number of amides is 1. The van der Waals surface area contributed by atoms with Crippen LogP contribution in [0.2, 0.25) is 0 Å². The van der Waals surface area contributed by atoms with E-state index in [0.29, 0.717) is 36.1 Å². The van der Waals surface area contributed by atoms with Crippen molar-refractivity contribution in [1.82, 2.24) is 10.0 Å². The number of rotatable bonds is 9. The molecule has 1 saturated carbocycles. The van der Waals surface area contributed by atoms with Gasteiger partial charge in [0.2, 0.25) is 5.91 Å². The first-order valence-corrected chi connectivity index (χ1v) is 14.6. The fraction of sp³-hybridized carbons (Fsp3) is 0.412. The number of para-hydroxylation sites is 1. The molecule has 0 radical (unpaired) electrons. The third kappa shape index (κ3) is 7.36. The molecule has 1 saturated heterocycles. The second-order valence-corrected chi connectivity index (χ2v) is 11.0. The Bertz CT molecular complexity index is 1200. The third-order valence-electron chi connectivity index (χ3n) is 8.23. The summed E-state index contributed by atoms with van der Waals surface area (Å²) in [4.78, 5) is 26.5. The smallest absolute Gasteiger partial charge is 0.343 e. The predicted molar refractivity (Wildman–Crippen MR) is 154 cm³/mol. The average Bonchev–Trinajstić information content (AvgIpc) is 2.99. The van der Waals surface area contributed by atoms with Crippen LogP contribution in [0.15, 0.2) is 84.9 Å². The number of carbonyl (C=O) groups excluding carboxylic acids is 2. The third-order valence-corrected chi connectivity index (χ3v) is 8.23. The number of piperidine rings is 1. The number of carbonyl (C=O) groups is 2. The maximum atomic E-state index is 13.8. The first-order valence-electron chi connectivity index (χ1n) is 14.6. The van der Waals surface area contributed by atoms with Gasteiger partial charge in [-0.2, -0.15) is 0 Å². The van der Waals surface area contributed by atoms with E-state index in [2.05, 4.69) is 40.3 Å². The van der Waals surface area contributed by atoms with Crippen LogP contribution in [0.5, 0.6) is 5.75 Å². The van der Waals surface area contributed by atoms with Gasteiger partial charge in [0.1, 0.15) is 5.75 Å².